The Morgan fingerprint density at radius 1 is 1.03 bits per heavy atom. The highest BCUT2D eigenvalue weighted by Crippen LogP contribution is 2.51. The maximum atomic E-state index is 13.0. The molecule has 1 aliphatic heterocycles. The number of likely N-dealkylation sites (tertiary alicyclic amines) is 1. The summed E-state index contributed by atoms with van der Waals surface area (Å²) in [5.41, 5.74) is 1.00. The average molecular weight is 455 g/mol. The minimum Gasteiger partial charge on any atom is -0.497 e. The van der Waals surface area contributed by atoms with E-state index in [9.17, 15) is 9.90 Å². The molecule has 1 saturated heterocycles. The van der Waals surface area contributed by atoms with Crippen LogP contribution in [0.2, 0.25) is 0 Å². The number of rotatable bonds is 7. The van der Waals surface area contributed by atoms with Gasteiger partial charge < -0.3 is 24.6 Å². The van der Waals surface area contributed by atoms with Crippen molar-refractivity contribution < 1.29 is 24.1 Å². The molecule has 1 amide bonds. The third-order valence-corrected chi connectivity index (χ3v) is 7.15. The molecule has 178 valence electrons. The van der Waals surface area contributed by atoms with Crippen LogP contribution >= 0.6 is 0 Å². The molecule has 3 atom stereocenters. The number of anilines is 1. The first-order valence-corrected chi connectivity index (χ1v) is 11.6. The summed E-state index contributed by atoms with van der Waals surface area (Å²) in [6.45, 7) is 0.876. The summed E-state index contributed by atoms with van der Waals surface area (Å²) in [6.07, 6.45) is 4.51. The Balaban J connectivity index is 1.60. The van der Waals surface area contributed by atoms with Crippen LogP contribution < -0.4 is 19.5 Å². The van der Waals surface area contributed by atoms with Gasteiger partial charge in [0.1, 0.15) is 17.2 Å². The summed E-state index contributed by atoms with van der Waals surface area (Å²) < 4.78 is 16.3. The fourth-order valence-electron chi connectivity index (χ4n) is 5.46. The zero-order chi connectivity index (χ0) is 23.4. The van der Waals surface area contributed by atoms with Crippen LogP contribution in [0.3, 0.4) is 0 Å². The second-order valence-electron chi connectivity index (χ2n) is 9.01. The number of amides is 1. The third-order valence-electron chi connectivity index (χ3n) is 7.15. The highest BCUT2D eigenvalue weighted by molar-refractivity contribution is 5.92. The van der Waals surface area contributed by atoms with Crippen molar-refractivity contribution in [3.63, 3.8) is 0 Å². The van der Waals surface area contributed by atoms with Gasteiger partial charge in [-0.05, 0) is 49.6 Å². The van der Waals surface area contributed by atoms with E-state index in [2.05, 4.69) is 10.2 Å². The van der Waals surface area contributed by atoms with Crippen LogP contribution in [-0.4, -0.2) is 55.9 Å². The largest absolute Gasteiger partial charge is 0.497 e. The minimum absolute atomic E-state index is 0.0380. The van der Waals surface area contributed by atoms with E-state index in [-0.39, 0.29) is 24.4 Å². The van der Waals surface area contributed by atoms with E-state index in [0.29, 0.717) is 18.7 Å². The van der Waals surface area contributed by atoms with Crippen LogP contribution in [0.4, 0.5) is 5.69 Å². The van der Waals surface area contributed by atoms with Gasteiger partial charge in [-0.15, -0.1) is 0 Å². The van der Waals surface area contributed by atoms with Gasteiger partial charge in [-0.3, -0.25) is 9.69 Å². The van der Waals surface area contributed by atoms with Gasteiger partial charge in [0.05, 0.1) is 33.5 Å². The van der Waals surface area contributed by atoms with Crippen molar-refractivity contribution in [1.82, 2.24) is 4.90 Å². The predicted octanol–water partition coefficient (Wildman–Crippen LogP) is 4.02. The summed E-state index contributed by atoms with van der Waals surface area (Å²) in [7, 11) is 4.89. The Morgan fingerprint density at radius 3 is 2.45 bits per heavy atom. The van der Waals surface area contributed by atoms with Crippen molar-refractivity contribution in [2.75, 3.05) is 39.7 Å². The number of nitrogens with zero attached hydrogens (tertiary/aromatic N) is 1. The van der Waals surface area contributed by atoms with Gasteiger partial charge in [0.25, 0.3) is 0 Å². The fraction of sp³-hybridized carbons (Fsp3) is 0.500. The molecular weight excluding hydrogens is 420 g/mol. The maximum absolute atomic E-state index is 13.0. The van der Waals surface area contributed by atoms with E-state index in [0.717, 1.165) is 48.4 Å². The summed E-state index contributed by atoms with van der Waals surface area (Å²) in [4.78, 5) is 15.2. The van der Waals surface area contributed by atoms with Crippen LogP contribution in [0.1, 0.15) is 43.7 Å². The maximum Gasteiger partial charge on any atom is 0.238 e. The fourth-order valence-corrected chi connectivity index (χ4v) is 5.46. The third kappa shape index (κ3) is 4.94. The lowest BCUT2D eigenvalue weighted by Crippen LogP contribution is -2.56. The summed E-state index contributed by atoms with van der Waals surface area (Å²) in [5, 5.41) is 14.5. The van der Waals surface area contributed by atoms with Gasteiger partial charge in [-0.2, -0.15) is 0 Å². The zero-order valence-corrected chi connectivity index (χ0v) is 19.7. The van der Waals surface area contributed by atoms with E-state index in [4.69, 9.17) is 14.2 Å². The number of piperidine rings is 1. The molecule has 1 saturated carbocycles. The number of carbonyl (C=O) groups excluding carboxylic acids is 1. The number of hydrogen-bond acceptors (Lipinski definition) is 6. The van der Waals surface area contributed by atoms with Gasteiger partial charge in [0.15, 0.2) is 0 Å². The van der Waals surface area contributed by atoms with E-state index >= 15 is 0 Å². The van der Waals surface area contributed by atoms with Gasteiger partial charge in [-0.1, -0.05) is 18.9 Å². The van der Waals surface area contributed by atoms with Crippen molar-refractivity contribution in [2.45, 2.75) is 43.7 Å². The predicted molar refractivity (Wildman–Crippen MR) is 127 cm³/mol. The molecule has 0 aromatic heterocycles. The molecule has 1 heterocycles. The van der Waals surface area contributed by atoms with Crippen LogP contribution in [-0.2, 0) is 4.79 Å². The average Bonchev–Trinajstić information content (AvgIpc) is 2.84. The molecule has 2 N–H and O–H groups in total. The number of methoxy groups -OCH3 is 3. The summed E-state index contributed by atoms with van der Waals surface area (Å²) in [5.74, 6) is 2.13. The first-order valence-electron chi connectivity index (χ1n) is 11.6. The van der Waals surface area contributed by atoms with E-state index in [1.807, 2.05) is 42.5 Å². The Morgan fingerprint density at radius 2 is 1.76 bits per heavy atom. The molecule has 7 heteroatoms. The van der Waals surface area contributed by atoms with Crippen molar-refractivity contribution in [3.8, 4) is 17.2 Å². The first-order chi connectivity index (χ1) is 16.0. The van der Waals surface area contributed by atoms with Crippen LogP contribution in [0, 0.1) is 5.92 Å². The SMILES string of the molecule is COc1ccc(NC(=O)CN2CC[C@]3(O)CCCC[C@H]3[C@@H]2c2ccc(OC)cc2OC)cc1. The highest BCUT2D eigenvalue weighted by Gasteiger charge is 2.49. The van der Waals surface area contributed by atoms with Crippen molar-refractivity contribution >= 4 is 11.6 Å². The molecule has 7 nitrogen and oxygen atoms in total. The standard InChI is InChI=1S/C26H34N2O5/c1-31-19-9-7-18(8-10-19)27-24(29)17-28-15-14-26(30)13-5-4-6-22(26)25(28)21-12-11-20(32-2)16-23(21)33-3/h7-12,16,22,25,30H,4-6,13-15,17H2,1-3H3,(H,27,29)/t22-,25-,26+/m0/s1. The molecule has 2 aromatic carbocycles. The Bertz CT molecular complexity index is 964. The number of aliphatic hydroxyl groups is 1. The molecule has 0 spiro atoms. The molecule has 2 aliphatic rings. The van der Waals surface area contributed by atoms with Crippen molar-refractivity contribution in [1.29, 1.82) is 0 Å². The number of fused-ring (bicyclic) bond motifs is 1. The van der Waals surface area contributed by atoms with Crippen molar-refractivity contribution in [3.05, 3.63) is 48.0 Å². The Hall–Kier alpha value is -2.77. The molecular formula is C26H34N2O5. The molecule has 2 aromatic rings. The first kappa shape index (κ1) is 23.4. The lowest BCUT2D eigenvalue weighted by Gasteiger charge is -2.52. The molecule has 4 rings (SSSR count). The Kier molecular flexibility index (Phi) is 7.10. The van der Waals surface area contributed by atoms with E-state index in [1.165, 1.54) is 0 Å². The second kappa shape index (κ2) is 10.0. The quantitative estimate of drug-likeness (QED) is 0.658. The van der Waals surface area contributed by atoms with Crippen molar-refractivity contribution in [2.24, 2.45) is 5.92 Å². The number of nitrogens with one attached hydrogen (secondary N) is 1. The van der Waals surface area contributed by atoms with E-state index < -0.39 is 5.60 Å². The molecule has 0 bridgehead atoms. The van der Waals surface area contributed by atoms with Gasteiger partial charge >= 0.3 is 0 Å². The van der Waals surface area contributed by atoms with Gasteiger partial charge in [0.2, 0.25) is 5.91 Å². The van der Waals surface area contributed by atoms with E-state index in [1.54, 1.807) is 21.3 Å². The lowest BCUT2D eigenvalue weighted by molar-refractivity contribution is -0.135. The number of benzene rings is 2. The number of carbonyl (C=O) groups is 1. The second-order valence-corrected chi connectivity index (χ2v) is 9.01. The minimum atomic E-state index is -0.711. The molecule has 33 heavy (non-hydrogen) atoms. The molecule has 2 fully saturated rings. The summed E-state index contributed by atoms with van der Waals surface area (Å²) >= 11 is 0. The molecule has 0 unspecified atom stereocenters. The van der Waals surface area contributed by atoms with Crippen LogP contribution in [0.15, 0.2) is 42.5 Å². The number of ether oxygens (including phenoxy) is 3. The van der Waals surface area contributed by atoms with Crippen LogP contribution in [0.5, 0.6) is 17.2 Å². The molecule has 1 aliphatic carbocycles. The Labute approximate surface area is 195 Å². The monoisotopic (exact) mass is 454 g/mol. The zero-order valence-electron chi connectivity index (χ0n) is 19.7. The van der Waals surface area contributed by atoms with Crippen LogP contribution in [0.25, 0.3) is 0 Å². The smallest absolute Gasteiger partial charge is 0.238 e. The van der Waals surface area contributed by atoms with Gasteiger partial charge in [0, 0.05) is 35.8 Å². The normalized spacial score (nSPS) is 25.1. The molecule has 0 radical (unpaired) electrons. The topological polar surface area (TPSA) is 80.3 Å². The highest BCUT2D eigenvalue weighted by atomic mass is 16.5. The summed E-state index contributed by atoms with van der Waals surface area (Å²) in [6, 6.07) is 13.0. The number of hydrogen-bond donors (Lipinski definition) is 2. The lowest BCUT2D eigenvalue weighted by atomic mass is 9.66. The van der Waals surface area contributed by atoms with Gasteiger partial charge in [-0.25, -0.2) is 0 Å².